The van der Waals surface area contributed by atoms with Crippen molar-refractivity contribution in [3.8, 4) is 0 Å². The van der Waals surface area contributed by atoms with Gasteiger partial charge in [-0.3, -0.25) is 5.10 Å². The van der Waals surface area contributed by atoms with Crippen LogP contribution in [0.3, 0.4) is 0 Å². The van der Waals surface area contributed by atoms with Gasteiger partial charge in [0.15, 0.2) is 5.65 Å². The second kappa shape index (κ2) is 4.85. The van der Waals surface area contributed by atoms with Crippen molar-refractivity contribution in [3.05, 3.63) is 11.5 Å². The maximum absolute atomic E-state index is 9.29. The Morgan fingerprint density at radius 1 is 1.47 bits per heavy atom. The predicted molar refractivity (Wildman–Crippen MR) is 66.0 cm³/mol. The monoisotopic (exact) mass is 255 g/mol. The van der Waals surface area contributed by atoms with E-state index in [2.05, 4.69) is 25.5 Å². The number of anilines is 1. The molecule has 1 atom stereocenters. The van der Waals surface area contributed by atoms with E-state index >= 15 is 0 Å². The summed E-state index contributed by atoms with van der Waals surface area (Å²) in [6.07, 6.45) is 1.63. The molecule has 1 unspecified atom stereocenters. The van der Waals surface area contributed by atoms with E-state index in [4.69, 9.17) is 11.6 Å². The van der Waals surface area contributed by atoms with Crippen molar-refractivity contribution in [2.75, 3.05) is 11.9 Å². The highest BCUT2D eigenvalue weighted by atomic mass is 35.5. The molecule has 92 valence electrons. The van der Waals surface area contributed by atoms with E-state index in [-0.39, 0.29) is 23.9 Å². The molecule has 6 nitrogen and oxygen atoms in total. The first kappa shape index (κ1) is 12.1. The van der Waals surface area contributed by atoms with E-state index in [0.717, 1.165) is 5.39 Å². The first-order valence-electron chi connectivity index (χ1n) is 5.36. The molecule has 2 rings (SSSR count). The molecule has 2 aromatic heterocycles. The Morgan fingerprint density at radius 3 is 2.88 bits per heavy atom. The fraction of sp³-hybridized carbons (Fsp3) is 0.500. The van der Waals surface area contributed by atoms with Crippen LogP contribution in [-0.4, -0.2) is 37.9 Å². The average Bonchev–Trinajstić information content (AvgIpc) is 2.72. The molecule has 0 radical (unpaired) electrons. The normalized spacial score (nSPS) is 13.2. The number of hydrogen-bond donors (Lipinski definition) is 3. The molecule has 0 aromatic carbocycles. The molecule has 0 bridgehead atoms. The molecule has 2 aromatic rings. The zero-order valence-corrected chi connectivity index (χ0v) is 10.4. The van der Waals surface area contributed by atoms with Crippen molar-refractivity contribution >= 4 is 28.5 Å². The summed E-state index contributed by atoms with van der Waals surface area (Å²) in [6.45, 7) is 4.06. The molecule has 0 spiro atoms. The second-order valence-electron chi connectivity index (χ2n) is 4.15. The standard InChI is InChI=1S/C10H14ClN5O/c1-5(2)7(4-17)13-8-6-3-12-16-9(6)15-10(11)14-8/h3,5,7,17H,4H2,1-2H3,(H2,12,13,14,15,16). The Bertz CT molecular complexity index is 512. The van der Waals surface area contributed by atoms with Crippen molar-refractivity contribution in [2.45, 2.75) is 19.9 Å². The lowest BCUT2D eigenvalue weighted by Crippen LogP contribution is -2.30. The van der Waals surface area contributed by atoms with Gasteiger partial charge < -0.3 is 10.4 Å². The van der Waals surface area contributed by atoms with Gasteiger partial charge in [-0.15, -0.1) is 0 Å². The number of aliphatic hydroxyl groups excluding tert-OH is 1. The summed E-state index contributed by atoms with van der Waals surface area (Å²) in [4.78, 5) is 8.12. The first-order chi connectivity index (χ1) is 8.11. The van der Waals surface area contributed by atoms with Crippen molar-refractivity contribution in [1.29, 1.82) is 0 Å². The minimum atomic E-state index is -0.0842. The third-order valence-corrected chi connectivity index (χ3v) is 2.78. The largest absolute Gasteiger partial charge is 0.394 e. The number of aliphatic hydroxyl groups is 1. The number of halogens is 1. The molecule has 0 amide bonds. The van der Waals surface area contributed by atoms with Crippen LogP contribution in [-0.2, 0) is 0 Å². The third-order valence-electron chi connectivity index (χ3n) is 2.61. The topological polar surface area (TPSA) is 86.7 Å². The van der Waals surface area contributed by atoms with Gasteiger partial charge in [-0.1, -0.05) is 13.8 Å². The summed E-state index contributed by atoms with van der Waals surface area (Å²) in [5, 5.41) is 20.0. The Labute approximate surface area is 103 Å². The number of aromatic nitrogens is 4. The lowest BCUT2D eigenvalue weighted by atomic mass is 10.1. The number of hydrogen-bond acceptors (Lipinski definition) is 5. The fourth-order valence-corrected chi connectivity index (χ4v) is 1.69. The molecular weight excluding hydrogens is 242 g/mol. The minimum Gasteiger partial charge on any atom is -0.394 e. The summed E-state index contributed by atoms with van der Waals surface area (Å²) in [6, 6.07) is -0.0842. The van der Waals surface area contributed by atoms with Crippen LogP contribution in [0.1, 0.15) is 13.8 Å². The molecule has 0 aliphatic rings. The molecule has 2 heterocycles. The van der Waals surface area contributed by atoms with Gasteiger partial charge >= 0.3 is 0 Å². The lowest BCUT2D eigenvalue weighted by Gasteiger charge is -2.20. The zero-order chi connectivity index (χ0) is 12.4. The SMILES string of the molecule is CC(C)C(CO)Nc1nc(Cl)nc2[nH]ncc12. The van der Waals surface area contributed by atoms with Gasteiger partial charge in [-0.25, -0.2) is 0 Å². The molecule has 0 fully saturated rings. The van der Waals surface area contributed by atoms with Gasteiger partial charge in [0.05, 0.1) is 24.2 Å². The molecule has 0 saturated heterocycles. The number of aromatic amines is 1. The third kappa shape index (κ3) is 2.48. The molecule has 17 heavy (non-hydrogen) atoms. The van der Waals surface area contributed by atoms with Crippen molar-refractivity contribution < 1.29 is 5.11 Å². The number of rotatable bonds is 4. The van der Waals surface area contributed by atoms with Crippen molar-refractivity contribution in [1.82, 2.24) is 20.2 Å². The highest BCUT2D eigenvalue weighted by Gasteiger charge is 2.15. The lowest BCUT2D eigenvalue weighted by molar-refractivity contribution is 0.249. The van der Waals surface area contributed by atoms with Crippen molar-refractivity contribution in [3.63, 3.8) is 0 Å². The molecule has 0 saturated carbocycles. The van der Waals surface area contributed by atoms with Crippen LogP contribution in [0.4, 0.5) is 5.82 Å². The Hall–Kier alpha value is -1.40. The van der Waals surface area contributed by atoms with E-state index in [1.165, 1.54) is 0 Å². The van der Waals surface area contributed by atoms with Crippen LogP contribution in [0.15, 0.2) is 6.20 Å². The number of fused-ring (bicyclic) bond motifs is 1. The molecule has 7 heteroatoms. The van der Waals surface area contributed by atoms with Crippen molar-refractivity contribution in [2.24, 2.45) is 5.92 Å². The van der Waals surface area contributed by atoms with Gasteiger partial charge in [0.25, 0.3) is 0 Å². The summed E-state index contributed by atoms with van der Waals surface area (Å²) < 4.78 is 0. The van der Waals surface area contributed by atoms with Crippen LogP contribution >= 0.6 is 11.6 Å². The Balaban J connectivity index is 2.37. The predicted octanol–water partition coefficient (Wildman–Crippen LogP) is 1.44. The van der Waals surface area contributed by atoms with Gasteiger partial charge in [0.2, 0.25) is 5.28 Å². The van der Waals surface area contributed by atoms with Crippen LogP contribution < -0.4 is 5.32 Å². The van der Waals surface area contributed by atoms with Crippen LogP contribution in [0.2, 0.25) is 5.28 Å². The fourth-order valence-electron chi connectivity index (χ4n) is 1.52. The second-order valence-corrected chi connectivity index (χ2v) is 4.49. The average molecular weight is 256 g/mol. The quantitative estimate of drug-likeness (QED) is 0.720. The van der Waals surface area contributed by atoms with E-state index in [0.29, 0.717) is 11.5 Å². The van der Waals surface area contributed by atoms with Crippen LogP contribution in [0.25, 0.3) is 11.0 Å². The highest BCUT2D eigenvalue weighted by Crippen LogP contribution is 2.21. The maximum atomic E-state index is 9.29. The van der Waals surface area contributed by atoms with E-state index in [1.807, 2.05) is 13.8 Å². The van der Waals surface area contributed by atoms with E-state index in [9.17, 15) is 5.11 Å². The number of nitrogens with zero attached hydrogens (tertiary/aromatic N) is 3. The smallest absolute Gasteiger partial charge is 0.226 e. The summed E-state index contributed by atoms with van der Waals surface area (Å²) >= 11 is 5.81. The summed E-state index contributed by atoms with van der Waals surface area (Å²) in [5.41, 5.74) is 0.577. The first-order valence-corrected chi connectivity index (χ1v) is 5.73. The number of H-pyrrole nitrogens is 1. The molecule has 0 aliphatic carbocycles. The summed E-state index contributed by atoms with van der Waals surface area (Å²) in [5.74, 6) is 0.859. The van der Waals surface area contributed by atoms with Crippen LogP contribution in [0, 0.1) is 5.92 Å². The Kier molecular flexibility index (Phi) is 3.44. The maximum Gasteiger partial charge on any atom is 0.226 e. The van der Waals surface area contributed by atoms with E-state index < -0.39 is 0 Å². The van der Waals surface area contributed by atoms with Gasteiger partial charge in [0, 0.05) is 0 Å². The molecule has 0 aliphatic heterocycles. The minimum absolute atomic E-state index is 0.0264. The Morgan fingerprint density at radius 2 is 2.24 bits per heavy atom. The number of nitrogens with one attached hydrogen (secondary N) is 2. The zero-order valence-electron chi connectivity index (χ0n) is 9.61. The van der Waals surface area contributed by atoms with Gasteiger partial charge in [-0.05, 0) is 17.5 Å². The molecule has 3 N–H and O–H groups in total. The summed E-state index contributed by atoms with van der Waals surface area (Å²) in [7, 11) is 0. The van der Waals surface area contributed by atoms with Gasteiger partial charge in [0.1, 0.15) is 5.82 Å². The highest BCUT2D eigenvalue weighted by molar-refractivity contribution is 6.28. The van der Waals surface area contributed by atoms with Gasteiger partial charge in [-0.2, -0.15) is 15.1 Å². The van der Waals surface area contributed by atoms with Crippen LogP contribution in [0.5, 0.6) is 0 Å². The van der Waals surface area contributed by atoms with E-state index in [1.54, 1.807) is 6.20 Å². The molecular formula is C10H14ClN5O.